The number of hydrogen-bond acceptors (Lipinski definition) is 4. The predicted molar refractivity (Wildman–Crippen MR) is 85.2 cm³/mol. The van der Waals surface area contributed by atoms with Gasteiger partial charge in [-0.25, -0.2) is 9.37 Å². The third-order valence-corrected chi connectivity index (χ3v) is 3.48. The van der Waals surface area contributed by atoms with Gasteiger partial charge in [0.05, 0.1) is 11.2 Å². The molecule has 0 saturated carbocycles. The molecule has 0 atom stereocenters. The first-order valence-electron chi connectivity index (χ1n) is 6.82. The normalized spacial score (nSPS) is 10.7. The van der Waals surface area contributed by atoms with Crippen molar-refractivity contribution in [1.29, 1.82) is 0 Å². The number of carbonyl (C=O) groups excluding carboxylic acids is 1. The molecule has 2 aromatic heterocycles. The number of benzene rings is 1. The highest BCUT2D eigenvalue weighted by Crippen LogP contribution is 2.22. The van der Waals surface area contributed by atoms with Crippen LogP contribution >= 0.6 is 0 Å². The van der Waals surface area contributed by atoms with Gasteiger partial charge in [-0.3, -0.25) is 14.9 Å². The second-order valence-electron chi connectivity index (χ2n) is 5.00. The summed E-state index contributed by atoms with van der Waals surface area (Å²) >= 11 is 0. The Bertz CT molecular complexity index is 960. The Labute approximate surface area is 130 Å². The third-order valence-electron chi connectivity index (χ3n) is 3.48. The minimum atomic E-state index is -0.613. The minimum absolute atomic E-state index is 0.117. The number of hydrogen-bond donors (Lipinski definition) is 3. The van der Waals surface area contributed by atoms with Crippen molar-refractivity contribution >= 4 is 28.4 Å². The number of fused-ring (bicyclic) bond motifs is 1. The first-order chi connectivity index (χ1) is 11.0. The summed E-state index contributed by atoms with van der Waals surface area (Å²) in [6, 6.07) is 3.88. The SMILES string of the molecule is CNc1cc(F)cc2cc(C(=O)Nc3nccn3C)c(=O)[nH]c12. The molecule has 3 aromatic rings. The van der Waals surface area contributed by atoms with Crippen molar-refractivity contribution in [2.24, 2.45) is 7.05 Å². The predicted octanol–water partition coefficient (Wildman–Crippen LogP) is 1.69. The summed E-state index contributed by atoms with van der Waals surface area (Å²) in [5, 5.41) is 5.76. The zero-order valence-electron chi connectivity index (χ0n) is 12.5. The number of nitrogens with one attached hydrogen (secondary N) is 3. The number of pyridine rings is 1. The molecule has 0 unspecified atom stereocenters. The Balaban J connectivity index is 2.08. The van der Waals surface area contributed by atoms with Crippen molar-refractivity contribution in [3.8, 4) is 0 Å². The first kappa shape index (κ1) is 14.8. The van der Waals surface area contributed by atoms with Crippen LogP contribution in [0.25, 0.3) is 10.9 Å². The molecule has 0 aliphatic rings. The zero-order chi connectivity index (χ0) is 16.6. The number of nitrogens with zero attached hydrogens (tertiary/aromatic N) is 2. The molecule has 0 saturated heterocycles. The van der Waals surface area contributed by atoms with Crippen LogP contribution in [-0.4, -0.2) is 27.5 Å². The molecule has 23 heavy (non-hydrogen) atoms. The molecular formula is C15H14FN5O2. The van der Waals surface area contributed by atoms with E-state index in [1.807, 2.05) is 0 Å². The first-order valence-corrected chi connectivity index (χ1v) is 6.82. The molecule has 1 amide bonds. The molecule has 0 aliphatic heterocycles. The van der Waals surface area contributed by atoms with Gasteiger partial charge in [-0.15, -0.1) is 0 Å². The van der Waals surface area contributed by atoms with E-state index in [1.165, 1.54) is 24.4 Å². The van der Waals surface area contributed by atoms with E-state index in [4.69, 9.17) is 0 Å². The van der Waals surface area contributed by atoms with Crippen LogP contribution in [-0.2, 0) is 7.05 Å². The average Bonchev–Trinajstić information content (AvgIpc) is 2.91. The maximum Gasteiger partial charge on any atom is 0.263 e. The maximum absolute atomic E-state index is 13.6. The van der Waals surface area contributed by atoms with E-state index < -0.39 is 17.3 Å². The Hall–Kier alpha value is -3.16. The van der Waals surface area contributed by atoms with Gasteiger partial charge in [0, 0.05) is 31.9 Å². The quantitative estimate of drug-likeness (QED) is 0.686. The number of rotatable bonds is 3. The average molecular weight is 315 g/mol. The van der Waals surface area contributed by atoms with E-state index in [2.05, 4.69) is 20.6 Å². The van der Waals surface area contributed by atoms with E-state index in [0.717, 1.165) is 0 Å². The van der Waals surface area contributed by atoms with Gasteiger partial charge in [0.25, 0.3) is 11.5 Å². The standard InChI is InChI=1S/C15H14FN5O2/c1-17-11-7-9(16)5-8-6-10(13(22)19-12(8)11)14(23)20-15-18-3-4-21(15)2/h3-7,17H,1-2H3,(H,19,22)(H,18,20,23). The largest absolute Gasteiger partial charge is 0.386 e. The number of aromatic nitrogens is 3. The Kier molecular flexibility index (Phi) is 3.57. The molecule has 2 heterocycles. The van der Waals surface area contributed by atoms with Crippen LogP contribution in [0.4, 0.5) is 16.0 Å². The number of halogens is 1. The molecule has 0 bridgehead atoms. The molecule has 1 aromatic carbocycles. The fraction of sp³-hybridized carbons (Fsp3) is 0.133. The van der Waals surface area contributed by atoms with Crippen molar-refractivity contribution in [1.82, 2.24) is 14.5 Å². The second-order valence-corrected chi connectivity index (χ2v) is 5.00. The molecule has 0 aliphatic carbocycles. The topological polar surface area (TPSA) is 91.8 Å². The molecule has 0 radical (unpaired) electrons. The number of H-pyrrole nitrogens is 1. The minimum Gasteiger partial charge on any atom is -0.386 e. The van der Waals surface area contributed by atoms with Crippen molar-refractivity contribution < 1.29 is 9.18 Å². The van der Waals surface area contributed by atoms with Crippen LogP contribution in [0.5, 0.6) is 0 Å². The van der Waals surface area contributed by atoms with Crippen LogP contribution in [0.15, 0.2) is 35.4 Å². The van der Waals surface area contributed by atoms with Crippen molar-refractivity contribution in [2.75, 3.05) is 17.7 Å². The molecule has 7 nitrogen and oxygen atoms in total. The molecule has 118 valence electrons. The Morgan fingerprint density at radius 1 is 1.35 bits per heavy atom. The van der Waals surface area contributed by atoms with Gasteiger partial charge >= 0.3 is 0 Å². The highest BCUT2D eigenvalue weighted by atomic mass is 19.1. The number of imidazole rings is 1. The van der Waals surface area contributed by atoms with Gasteiger partial charge in [-0.05, 0) is 18.2 Å². The van der Waals surface area contributed by atoms with Gasteiger partial charge in [-0.2, -0.15) is 0 Å². The molecular weight excluding hydrogens is 301 g/mol. The summed E-state index contributed by atoms with van der Waals surface area (Å²) in [6.45, 7) is 0. The number of amides is 1. The van der Waals surface area contributed by atoms with E-state index in [1.54, 1.807) is 24.9 Å². The number of anilines is 2. The fourth-order valence-electron chi connectivity index (χ4n) is 2.30. The van der Waals surface area contributed by atoms with Crippen LogP contribution in [0, 0.1) is 5.82 Å². The van der Waals surface area contributed by atoms with Gasteiger partial charge in [0.1, 0.15) is 11.4 Å². The van der Waals surface area contributed by atoms with E-state index in [0.29, 0.717) is 22.5 Å². The lowest BCUT2D eigenvalue weighted by Crippen LogP contribution is -2.24. The molecule has 3 rings (SSSR count). The van der Waals surface area contributed by atoms with Crippen molar-refractivity contribution in [3.63, 3.8) is 0 Å². The van der Waals surface area contributed by atoms with Crippen LogP contribution in [0.3, 0.4) is 0 Å². The third kappa shape index (κ3) is 2.66. The summed E-state index contributed by atoms with van der Waals surface area (Å²) in [5.41, 5.74) is 0.195. The zero-order valence-corrected chi connectivity index (χ0v) is 12.5. The maximum atomic E-state index is 13.6. The number of aryl methyl sites for hydroxylation is 1. The van der Waals surface area contributed by atoms with Gasteiger partial charge in [-0.1, -0.05) is 0 Å². The Morgan fingerprint density at radius 2 is 2.13 bits per heavy atom. The molecule has 0 spiro atoms. The summed E-state index contributed by atoms with van der Waals surface area (Å²) < 4.78 is 15.2. The highest BCUT2D eigenvalue weighted by molar-refractivity contribution is 6.05. The lowest BCUT2D eigenvalue weighted by molar-refractivity contribution is 0.102. The molecule has 3 N–H and O–H groups in total. The van der Waals surface area contributed by atoms with Gasteiger partial charge in [0.2, 0.25) is 5.95 Å². The van der Waals surface area contributed by atoms with Crippen molar-refractivity contribution in [2.45, 2.75) is 0 Å². The summed E-state index contributed by atoms with van der Waals surface area (Å²) in [4.78, 5) is 31.0. The van der Waals surface area contributed by atoms with E-state index in [-0.39, 0.29) is 5.56 Å². The van der Waals surface area contributed by atoms with Crippen LogP contribution in [0.2, 0.25) is 0 Å². The Morgan fingerprint density at radius 3 is 2.78 bits per heavy atom. The van der Waals surface area contributed by atoms with Crippen LogP contribution in [0.1, 0.15) is 10.4 Å². The smallest absolute Gasteiger partial charge is 0.263 e. The summed E-state index contributed by atoms with van der Waals surface area (Å²) in [6.07, 6.45) is 3.18. The number of carbonyl (C=O) groups is 1. The van der Waals surface area contributed by atoms with Crippen molar-refractivity contribution in [3.05, 3.63) is 52.3 Å². The van der Waals surface area contributed by atoms with E-state index >= 15 is 0 Å². The summed E-state index contributed by atoms with van der Waals surface area (Å²) in [7, 11) is 3.33. The highest BCUT2D eigenvalue weighted by Gasteiger charge is 2.15. The van der Waals surface area contributed by atoms with Gasteiger partial charge < -0.3 is 14.9 Å². The lowest BCUT2D eigenvalue weighted by atomic mass is 10.1. The molecule has 0 fully saturated rings. The fourth-order valence-corrected chi connectivity index (χ4v) is 2.30. The monoisotopic (exact) mass is 315 g/mol. The summed E-state index contributed by atoms with van der Waals surface area (Å²) in [5.74, 6) is -0.772. The van der Waals surface area contributed by atoms with E-state index in [9.17, 15) is 14.0 Å². The molecule has 8 heteroatoms. The van der Waals surface area contributed by atoms with Gasteiger partial charge in [0.15, 0.2) is 0 Å². The van der Waals surface area contributed by atoms with Crippen LogP contribution < -0.4 is 16.2 Å². The second kappa shape index (κ2) is 5.56. The lowest BCUT2D eigenvalue weighted by Gasteiger charge is -2.09. The number of aromatic amines is 1.